The molecule has 0 radical (unpaired) electrons. The molecule has 0 aliphatic carbocycles. The van der Waals surface area contributed by atoms with Crippen molar-refractivity contribution in [1.82, 2.24) is 9.97 Å². The highest BCUT2D eigenvalue weighted by atomic mass is 16.5. The summed E-state index contributed by atoms with van der Waals surface area (Å²) < 4.78 is 12.0. The molecule has 0 spiro atoms. The van der Waals surface area contributed by atoms with Gasteiger partial charge in [-0.2, -0.15) is 4.98 Å². The molecule has 1 heterocycles. The number of aromatic nitrogens is 2. The molecule has 0 fully saturated rings. The highest BCUT2D eigenvalue weighted by Gasteiger charge is 2.17. The first kappa shape index (κ1) is 20.3. The van der Waals surface area contributed by atoms with Crippen molar-refractivity contribution < 1.29 is 9.47 Å². The minimum absolute atomic E-state index is 0.164. The van der Waals surface area contributed by atoms with Crippen molar-refractivity contribution in [2.24, 2.45) is 0 Å². The number of ether oxygens (including phenoxy) is 2. The summed E-state index contributed by atoms with van der Waals surface area (Å²) in [5.41, 5.74) is 16.4. The van der Waals surface area contributed by atoms with Crippen LogP contribution in [0.15, 0.2) is 42.6 Å². The largest absolute Gasteiger partial charge is 0.493 e. The number of nitrogen functional groups attached to an aromatic ring is 2. The fourth-order valence-electron chi connectivity index (χ4n) is 3.16. The average molecular weight is 393 g/mol. The Labute approximate surface area is 171 Å². The van der Waals surface area contributed by atoms with Gasteiger partial charge in [0.15, 0.2) is 0 Å². The van der Waals surface area contributed by atoms with E-state index in [1.165, 1.54) is 0 Å². The Kier molecular flexibility index (Phi) is 6.39. The van der Waals surface area contributed by atoms with E-state index in [1.807, 2.05) is 45.2 Å². The van der Waals surface area contributed by atoms with E-state index in [2.05, 4.69) is 27.4 Å². The number of nitrogens with zero attached hydrogens (tertiary/aromatic N) is 2. The Balaban J connectivity index is 2.07. The molecule has 152 valence electrons. The molecule has 0 atom stereocenters. The van der Waals surface area contributed by atoms with Gasteiger partial charge in [-0.1, -0.05) is 12.1 Å². The molecule has 3 rings (SSSR count). The van der Waals surface area contributed by atoms with Crippen molar-refractivity contribution in [2.45, 2.75) is 20.3 Å². The maximum atomic E-state index is 6.01. The molecule has 29 heavy (non-hydrogen) atoms. The van der Waals surface area contributed by atoms with Crippen LogP contribution in [0.3, 0.4) is 0 Å². The van der Waals surface area contributed by atoms with Gasteiger partial charge in [0.1, 0.15) is 17.3 Å². The van der Waals surface area contributed by atoms with E-state index < -0.39 is 0 Å². The van der Waals surface area contributed by atoms with Crippen LogP contribution in [0.2, 0.25) is 0 Å². The molecule has 7 nitrogen and oxygen atoms in total. The van der Waals surface area contributed by atoms with E-state index in [9.17, 15) is 0 Å². The molecule has 0 saturated heterocycles. The van der Waals surface area contributed by atoms with Crippen molar-refractivity contribution in [3.8, 4) is 22.6 Å². The second-order valence-electron chi connectivity index (χ2n) is 6.48. The van der Waals surface area contributed by atoms with Crippen LogP contribution in [0.4, 0.5) is 17.5 Å². The lowest BCUT2D eigenvalue weighted by molar-refractivity contribution is 0.325. The number of anilines is 3. The van der Waals surface area contributed by atoms with Crippen LogP contribution < -0.4 is 26.3 Å². The number of nitrogens with two attached hydrogens (primary N) is 2. The molecule has 0 aliphatic heterocycles. The molecule has 0 aliphatic rings. The molecule has 0 bridgehead atoms. The lowest BCUT2D eigenvalue weighted by Crippen LogP contribution is -2.05. The Morgan fingerprint density at radius 1 is 0.966 bits per heavy atom. The van der Waals surface area contributed by atoms with Gasteiger partial charge in [0.25, 0.3) is 0 Å². The van der Waals surface area contributed by atoms with Crippen molar-refractivity contribution >= 4 is 17.5 Å². The number of benzene rings is 2. The van der Waals surface area contributed by atoms with Crippen LogP contribution >= 0.6 is 0 Å². The molecule has 1 aromatic heterocycles. The van der Waals surface area contributed by atoms with Crippen LogP contribution in [0.1, 0.15) is 25.0 Å². The number of hydrogen-bond donors (Lipinski definition) is 3. The zero-order chi connectivity index (χ0) is 20.8. The lowest BCUT2D eigenvalue weighted by Gasteiger charge is -2.18. The van der Waals surface area contributed by atoms with Crippen molar-refractivity contribution in [1.29, 1.82) is 0 Å². The molecule has 0 amide bonds. The van der Waals surface area contributed by atoms with Gasteiger partial charge in [-0.05, 0) is 49.2 Å². The summed E-state index contributed by atoms with van der Waals surface area (Å²) in [4.78, 5) is 8.10. The molecular weight excluding hydrogens is 366 g/mol. The molecule has 2 aromatic carbocycles. The summed E-state index contributed by atoms with van der Waals surface area (Å²) in [6.45, 7) is 5.02. The summed E-state index contributed by atoms with van der Waals surface area (Å²) in [7, 11) is 1.90. The van der Waals surface area contributed by atoms with Crippen molar-refractivity contribution in [3.05, 3.63) is 53.7 Å². The van der Waals surface area contributed by atoms with E-state index in [0.29, 0.717) is 25.5 Å². The van der Waals surface area contributed by atoms with Gasteiger partial charge >= 0.3 is 0 Å². The van der Waals surface area contributed by atoms with Gasteiger partial charge in [0, 0.05) is 30.9 Å². The Morgan fingerprint density at radius 2 is 1.59 bits per heavy atom. The third-order valence-electron chi connectivity index (χ3n) is 4.50. The monoisotopic (exact) mass is 393 g/mol. The van der Waals surface area contributed by atoms with Gasteiger partial charge in [0.05, 0.1) is 18.8 Å². The fourth-order valence-corrected chi connectivity index (χ4v) is 3.16. The fraction of sp³-hybridized carbons (Fsp3) is 0.273. The average Bonchev–Trinajstić information content (AvgIpc) is 2.71. The molecule has 0 saturated carbocycles. The normalized spacial score (nSPS) is 10.6. The maximum absolute atomic E-state index is 6.01. The second-order valence-corrected chi connectivity index (χ2v) is 6.48. The van der Waals surface area contributed by atoms with Crippen LogP contribution in [-0.4, -0.2) is 30.2 Å². The van der Waals surface area contributed by atoms with Gasteiger partial charge in [-0.3, -0.25) is 0 Å². The van der Waals surface area contributed by atoms with E-state index in [4.69, 9.17) is 20.9 Å². The smallest absolute Gasteiger partial charge is 0.221 e. The van der Waals surface area contributed by atoms with Crippen LogP contribution in [0.25, 0.3) is 11.1 Å². The Hall–Kier alpha value is -3.48. The van der Waals surface area contributed by atoms with Crippen LogP contribution in [0.5, 0.6) is 11.5 Å². The second kappa shape index (κ2) is 9.14. The first-order chi connectivity index (χ1) is 14.0. The summed E-state index contributed by atoms with van der Waals surface area (Å²) in [6.07, 6.45) is 2.20. The predicted molar refractivity (Wildman–Crippen MR) is 117 cm³/mol. The Morgan fingerprint density at radius 3 is 2.10 bits per heavy atom. The zero-order valence-electron chi connectivity index (χ0n) is 17.0. The standard InChI is InChI=1S/C22H27N5O2/c1-4-28-18-11-14(10-16-13-26-22(24)27-21(16)23)12-19(29-5-2)20(18)15-6-8-17(25-3)9-7-15/h6-9,11-13,25H,4-5,10H2,1-3H3,(H4,23,24,26,27). The highest BCUT2D eigenvalue weighted by Crippen LogP contribution is 2.41. The first-order valence-corrected chi connectivity index (χ1v) is 9.63. The molecule has 7 heteroatoms. The van der Waals surface area contributed by atoms with Gasteiger partial charge < -0.3 is 26.3 Å². The highest BCUT2D eigenvalue weighted by molar-refractivity contribution is 5.78. The SMILES string of the molecule is CCOc1cc(Cc2cnc(N)nc2N)cc(OCC)c1-c1ccc(NC)cc1. The number of nitrogens with one attached hydrogen (secondary N) is 1. The Bertz CT molecular complexity index is 946. The summed E-state index contributed by atoms with van der Waals surface area (Å²) in [6, 6.07) is 12.2. The van der Waals surface area contributed by atoms with E-state index in [-0.39, 0.29) is 5.95 Å². The van der Waals surface area contributed by atoms with Crippen LogP contribution in [0, 0.1) is 0 Å². The molecule has 5 N–H and O–H groups in total. The lowest BCUT2D eigenvalue weighted by atomic mass is 9.98. The van der Waals surface area contributed by atoms with E-state index in [1.54, 1.807) is 6.20 Å². The predicted octanol–water partition coefficient (Wildman–Crippen LogP) is 3.74. The van der Waals surface area contributed by atoms with Gasteiger partial charge in [-0.15, -0.1) is 0 Å². The van der Waals surface area contributed by atoms with Crippen molar-refractivity contribution in [3.63, 3.8) is 0 Å². The quantitative estimate of drug-likeness (QED) is 0.535. The minimum atomic E-state index is 0.164. The van der Waals surface area contributed by atoms with E-state index >= 15 is 0 Å². The molecule has 0 unspecified atom stereocenters. The summed E-state index contributed by atoms with van der Waals surface area (Å²) in [5, 5.41) is 3.14. The van der Waals surface area contributed by atoms with E-state index in [0.717, 1.165) is 39.4 Å². The third kappa shape index (κ3) is 4.68. The molecule has 3 aromatic rings. The summed E-state index contributed by atoms with van der Waals surface area (Å²) >= 11 is 0. The van der Waals surface area contributed by atoms with Crippen molar-refractivity contribution in [2.75, 3.05) is 37.0 Å². The molecular formula is C22H27N5O2. The zero-order valence-corrected chi connectivity index (χ0v) is 17.0. The number of rotatable bonds is 8. The number of hydrogen-bond acceptors (Lipinski definition) is 7. The maximum Gasteiger partial charge on any atom is 0.221 e. The topological polar surface area (TPSA) is 108 Å². The first-order valence-electron chi connectivity index (χ1n) is 9.63. The van der Waals surface area contributed by atoms with Gasteiger partial charge in [-0.25, -0.2) is 4.98 Å². The van der Waals surface area contributed by atoms with Gasteiger partial charge in [0.2, 0.25) is 5.95 Å². The summed E-state index contributed by atoms with van der Waals surface area (Å²) in [5.74, 6) is 2.07. The minimum Gasteiger partial charge on any atom is -0.493 e. The third-order valence-corrected chi connectivity index (χ3v) is 4.50. The van der Waals surface area contributed by atoms with Crippen LogP contribution in [-0.2, 0) is 6.42 Å².